The molecule has 0 bridgehead atoms. The molecule has 1 aliphatic rings. The van der Waals surface area contributed by atoms with E-state index in [0.29, 0.717) is 6.42 Å². The maximum atomic E-state index is 12.1. The number of carbonyl (C=O) groups is 1. The summed E-state index contributed by atoms with van der Waals surface area (Å²) >= 11 is 1.66. The van der Waals surface area contributed by atoms with Crippen molar-refractivity contribution in [3.8, 4) is 0 Å². The average Bonchev–Trinajstić information content (AvgIpc) is 2.84. The van der Waals surface area contributed by atoms with E-state index < -0.39 is 0 Å². The third-order valence-electron chi connectivity index (χ3n) is 2.96. The normalized spacial score (nSPS) is 21.3. The fourth-order valence-electron chi connectivity index (χ4n) is 1.99. The van der Waals surface area contributed by atoms with Crippen molar-refractivity contribution < 1.29 is 4.79 Å². The summed E-state index contributed by atoms with van der Waals surface area (Å²) in [5.41, 5.74) is 6.62. The number of amides is 1. The van der Waals surface area contributed by atoms with E-state index in [0.717, 1.165) is 16.3 Å². The maximum absolute atomic E-state index is 12.1. The topological polar surface area (TPSA) is 55.1 Å². The van der Waals surface area contributed by atoms with Crippen LogP contribution in [-0.4, -0.2) is 17.7 Å². The van der Waals surface area contributed by atoms with Gasteiger partial charge in [0.2, 0.25) is 5.91 Å². The first-order valence-corrected chi connectivity index (χ1v) is 7.26. The third kappa shape index (κ3) is 3.72. The number of benzene rings is 1. The Bertz CT molecular complexity index is 499. The maximum Gasteiger partial charge on any atom is 0.231 e. The van der Waals surface area contributed by atoms with Gasteiger partial charge in [0.15, 0.2) is 0 Å². The molecule has 1 aromatic carbocycles. The molecule has 1 amide bonds. The second-order valence-electron chi connectivity index (χ2n) is 4.48. The largest absolute Gasteiger partial charge is 0.325 e. The molecule has 3 N–H and O–H groups in total. The second kappa shape index (κ2) is 6.59. The van der Waals surface area contributed by atoms with Crippen molar-refractivity contribution in [1.29, 1.82) is 0 Å². The highest BCUT2D eigenvalue weighted by atomic mass is 32.2. The standard InChI is InChI=1S/C15H18N2OS/c1-2-9-19-14-6-4-3-5-13(14)17-15(18)11-7-8-12(16)10-11/h2-8,11-12H,1,9-10,16H2,(H,17,18). The summed E-state index contributed by atoms with van der Waals surface area (Å²) in [7, 11) is 0. The van der Waals surface area contributed by atoms with Crippen LogP contribution in [0.1, 0.15) is 6.42 Å². The Labute approximate surface area is 118 Å². The Morgan fingerprint density at radius 3 is 2.95 bits per heavy atom. The number of hydrogen-bond acceptors (Lipinski definition) is 3. The SMILES string of the molecule is C=CCSc1ccccc1NC(=O)C1C=CC(N)C1. The minimum Gasteiger partial charge on any atom is -0.325 e. The van der Waals surface area contributed by atoms with Crippen molar-refractivity contribution in [2.45, 2.75) is 17.4 Å². The first-order chi connectivity index (χ1) is 9.20. The lowest BCUT2D eigenvalue weighted by Gasteiger charge is -2.13. The lowest BCUT2D eigenvalue weighted by molar-refractivity contribution is -0.118. The van der Waals surface area contributed by atoms with Crippen LogP contribution in [0.5, 0.6) is 0 Å². The molecule has 2 atom stereocenters. The summed E-state index contributed by atoms with van der Waals surface area (Å²) in [4.78, 5) is 13.2. The molecular weight excluding hydrogens is 256 g/mol. The van der Waals surface area contributed by atoms with E-state index >= 15 is 0 Å². The molecule has 1 aromatic rings. The lowest BCUT2D eigenvalue weighted by atomic mass is 10.1. The molecule has 0 radical (unpaired) electrons. The Kier molecular flexibility index (Phi) is 4.82. The zero-order chi connectivity index (χ0) is 13.7. The summed E-state index contributed by atoms with van der Waals surface area (Å²) in [6.45, 7) is 3.71. The van der Waals surface area contributed by atoms with Gasteiger partial charge in [0, 0.05) is 16.7 Å². The molecule has 19 heavy (non-hydrogen) atoms. The number of nitrogens with one attached hydrogen (secondary N) is 1. The molecule has 4 heteroatoms. The lowest BCUT2D eigenvalue weighted by Crippen LogP contribution is -2.24. The van der Waals surface area contributed by atoms with Crippen LogP contribution in [0.4, 0.5) is 5.69 Å². The summed E-state index contributed by atoms with van der Waals surface area (Å²) in [6, 6.07) is 7.80. The van der Waals surface area contributed by atoms with E-state index in [1.165, 1.54) is 0 Å². The van der Waals surface area contributed by atoms with Gasteiger partial charge in [-0.25, -0.2) is 0 Å². The van der Waals surface area contributed by atoms with Crippen LogP contribution < -0.4 is 11.1 Å². The zero-order valence-electron chi connectivity index (χ0n) is 10.7. The first-order valence-electron chi connectivity index (χ1n) is 6.28. The monoisotopic (exact) mass is 274 g/mol. The van der Waals surface area contributed by atoms with Gasteiger partial charge in [0.05, 0.1) is 11.6 Å². The quantitative estimate of drug-likeness (QED) is 0.641. The predicted molar refractivity (Wildman–Crippen MR) is 81.2 cm³/mol. The number of hydrogen-bond donors (Lipinski definition) is 2. The highest BCUT2D eigenvalue weighted by molar-refractivity contribution is 7.99. The fourth-order valence-corrected chi connectivity index (χ4v) is 2.74. The van der Waals surface area contributed by atoms with E-state index in [2.05, 4.69) is 11.9 Å². The molecule has 0 saturated carbocycles. The molecule has 0 aliphatic heterocycles. The first kappa shape index (κ1) is 13.9. The van der Waals surface area contributed by atoms with Gasteiger partial charge < -0.3 is 11.1 Å². The summed E-state index contributed by atoms with van der Waals surface area (Å²) in [6.07, 6.45) is 6.32. The molecule has 3 nitrogen and oxygen atoms in total. The van der Waals surface area contributed by atoms with E-state index in [1.54, 1.807) is 11.8 Å². The van der Waals surface area contributed by atoms with E-state index in [1.807, 2.05) is 42.5 Å². The molecule has 1 aliphatic carbocycles. The Morgan fingerprint density at radius 2 is 2.26 bits per heavy atom. The van der Waals surface area contributed by atoms with Crippen LogP contribution in [0.15, 0.2) is 54.0 Å². The van der Waals surface area contributed by atoms with Crippen LogP contribution in [0, 0.1) is 5.92 Å². The molecule has 100 valence electrons. The smallest absolute Gasteiger partial charge is 0.231 e. The number of carbonyl (C=O) groups excluding carboxylic acids is 1. The van der Waals surface area contributed by atoms with Crippen molar-refractivity contribution >= 4 is 23.4 Å². The van der Waals surface area contributed by atoms with Gasteiger partial charge in [-0.05, 0) is 18.6 Å². The average molecular weight is 274 g/mol. The highest BCUT2D eigenvalue weighted by Crippen LogP contribution is 2.28. The summed E-state index contributed by atoms with van der Waals surface area (Å²) in [5.74, 6) is 0.712. The number of para-hydroxylation sites is 1. The summed E-state index contributed by atoms with van der Waals surface area (Å²) in [5, 5.41) is 2.98. The number of nitrogens with two attached hydrogens (primary N) is 1. The predicted octanol–water partition coefficient (Wildman–Crippen LogP) is 2.81. The zero-order valence-corrected chi connectivity index (χ0v) is 11.5. The van der Waals surface area contributed by atoms with E-state index in [9.17, 15) is 4.79 Å². The third-order valence-corrected chi connectivity index (χ3v) is 4.02. The van der Waals surface area contributed by atoms with E-state index in [4.69, 9.17) is 5.73 Å². The van der Waals surface area contributed by atoms with Gasteiger partial charge in [-0.3, -0.25) is 4.79 Å². The number of rotatable bonds is 5. The van der Waals surface area contributed by atoms with Crippen LogP contribution in [0.25, 0.3) is 0 Å². The van der Waals surface area contributed by atoms with Gasteiger partial charge in [-0.2, -0.15) is 0 Å². The van der Waals surface area contributed by atoms with Crippen LogP contribution >= 0.6 is 11.8 Å². The number of anilines is 1. The molecular formula is C15H18N2OS. The van der Waals surface area contributed by atoms with Crippen LogP contribution in [-0.2, 0) is 4.79 Å². The van der Waals surface area contributed by atoms with Crippen molar-refractivity contribution in [3.05, 3.63) is 49.1 Å². The number of thioether (sulfide) groups is 1. The molecule has 0 fully saturated rings. The van der Waals surface area contributed by atoms with Gasteiger partial charge in [-0.1, -0.05) is 30.4 Å². The van der Waals surface area contributed by atoms with Crippen LogP contribution in [0.2, 0.25) is 0 Å². The van der Waals surface area contributed by atoms with Gasteiger partial charge in [-0.15, -0.1) is 18.3 Å². The Hall–Kier alpha value is -1.52. The molecule has 0 spiro atoms. The summed E-state index contributed by atoms with van der Waals surface area (Å²) < 4.78 is 0. The highest BCUT2D eigenvalue weighted by Gasteiger charge is 2.23. The van der Waals surface area contributed by atoms with Crippen molar-refractivity contribution in [1.82, 2.24) is 0 Å². The van der Waals surface area contributed by atoms with Crippen LogP contribution in [0.3, 0.4) is 0 Å². The second-order valence-corrected chi connectivity index (χ2v) is 5.54. The Balaban J connectivity index is 2.04. The van der Waals surface area contributed by atoms with E-state index in [-0.39, 0.29) is 17.9 Å². The fraction of sp³-hybridized carbons (Fsp3) is 0.267. The minimum absolute atomic E-state index is 0.00105. The minimum atomic E-state index is -0.118. The van der Waals surface area contributed by atoms with Gasteiger partial charge in [0.1, 0.15) is 0 Å². The molecule has 2 unspecified atom stereocenters. The van der Waals surface area contributed by atoms with Gasteiger partial charge in [0.25, 0.3) is 0 Å². The molecule has 2 rings (SSSR count). The molecule has 0 heterocycles. The van der Waals surface area contributed by atoms with Crippen molar-refractivity contribution in [2.24, 2.45) is 11.7 Å². The molecule has 0 aromatic heterocycles. The van der Waals surface area contributed by atoms with Gasteiger partial charge >= 0.3 is 0 Å². The van der Waals surface area contributed by atoms with Crippen molar-refractivity contribution in [2.75, 3.05) is 11.1 Å². The Morgan fingerprint density at radius 1 is 1.47 bits per heavy atom. The molecule has 0 saturated heterocycles. The van der Waals surface area contributed by atoms with Crippen molar-refractivity contribution in [3.63, 3.8) is 0 Å².